The Hall–Kier alpha value is -1.65. The highest BCUT2D eigenvalue weighted by Gasteiger charge is 2.50. The maximum Gasteiger partial charge on any atom is 0.334 e. The summed E-state index contributed by atoms with van der Waals surface area (Å²) in [6.45, 7) is 6.12. The van der Waals surface area contributed by atoms with Crippen LogP contribution in [0, 0.1) is 5.92 Å². The Labute approximate surface area is 142 Å². The molecule has 4 heteroatoms. The van der Waals surface area contributed by atoms with Gasteiger partial charge in [0.1, 0.15) is 6.61 Å². The highest BCUT2D eigenvalue weighted by Crippen LogP contribution is 2.55. The number of benzene rings is 1. The number of hydrogen-bond donors (Lipinski definition) is 2. The Morgan fingerprint density at radius 1 is 1.33 bits per heavy atom. The summed E-state index contributed by atoms with van der Waals surface area (Å²) in [5, 5.41) is 21.0. The zero-order valence-corrected chi connectivity index (χ0v) is 14.4. The van der Waals surface area contributed by atoms with Gasteiger partial charge in [-0.1, -0.05) is 25.1 Å². The smallest absolute Gasteiger partial charge is 0.334 e. The molecule has 128 valence electrons. The molecule has 0 aromatic heterocycles. The SMILES string of the molecule is CC(C)(O)c1ccc2c(c1)[C@@H](O)C[C@H]1C3=C(CC[C@]21C)C(=O)OC3. The van der Waals surface area contributed by atoms with Crippen molar-refractivity contribution in [2.75, 3.05) is 6.61 Å². The average Bonchev–Trinajstić information content (AvgIpc) is 2.89. The van der Waals surface area contributed by atoms with E-state index in [1.807, 2.05) is 12.1 Å². The average molecular weight is 328 g/mol. The quantitative estimate of drug-likeness (QED) is 0.778. The van der Waals surface area contributed by atoms with E-state index in [2.05, 4.69) is 13.0 Å². The van der Waals surface area contributed by atoms with Crippen molar-refractivity contribution >= 4 is 5.97 Å². The first kappa shape index (κ1) is 15.9. The topological polar surface area (TPSA) is 66.8 Å². The number of rotatable bonds is 1. The third-order valence-electron chi connectivity index (χ3n) is 6.27. The molecule has 0 saturated heterocycles. The molecule has 3 atom stereocenters. The number of ether oxygens (including phenoxy) is 1. The van der Waals surface area contributed by atoms with Crippen LogP contribution in [0.15, 0.2) is 29.3 Å². The van der Waals surface area contributed by atoms with Crippen molar-refractivity contribution in [3.63, 3.8) is 0 Å². The lowest BCUT2D eigenvalue weighted by Gasteiger charge is -2.48. The third kappa shape index (κ3) is 2.09. The molecule has 1 aliphatic heterocycles. The number of cyclic esters (lactones) is 1. The number of hydrogen-bond acceptors (Lipinski definition) is 4. The number of fused-ring (bicyclic) bond motifs is 4. The molecule has 0 unspecified atom stereocenters. The second-order valence-electron chi connectivity index (χ2n) is 8.16. The van der Waals surface area contributed by atoms with Gasteiger partial charge >= 0.3 is 5.97 Å². The Morgan fingerprint density at radius 3 is 2.79 bits per heavy atom. The van der Waals surface area contributed by atoms with E-state index in [9.17, 15) is 15.0 Å². The first-order chi connectivity index (χ1) is 11.2. The van der Waals surface area contributed by atoms with Crippen molar-refractivity contribution in [3.05, 3.63) is 46.0 Å². The monoisotopic (exact) mass is 328 g/mol. The number of carbonyl (C=O) groups is 1. The van der Waals surface area contributed by atoms with E-state index in [1.165, 1.54) is 0 Å². The van der Waals surface area contributed by atoms with Gasteiger partial charge in [0.2, 0.25) is 0 Å². The third-order valence-corrected chi connectivity index (χ3v) is 6.27. The van der Waals surface area contributed by atoms with Crippen LogP contribution in [0.5, 0.6) is 0 Å². The molecule has 0 fully saturated rings. The Kier molecular flexibility index (Phi) is 3.26. The molecule has 0 saturated carbocycles. The van der Waals surface area contributed by atoms with Gasteiger partial charge in [0, 0.05) is 5.57 Å². The van der Waals surface area contributed by atoms with Gasteiger partial charge in [-0.05, 0) is 66.7 Å². The molecule has 0 radical (unpaired) electrons. The lowest BCUT2D eigenvalue weighted by atomic mass is 9.56. The molecule has 4 nitrogen and oxygen atoms in total. The van der Waals surface area contributed by atoms with E-state index in [0.29, 0.717) is 13.0 Å². The van der Waals surface area contributed by atoms with Crippen molar-refractivity contribution in [2.24, 2.45) is 5.92 Å². The zero-order valence-electron chi connectivity index (χ0n) is 14.4. The lowest BCUT2D eigenvalue weighted by molar-refractivity contribution is -0.136. The summed E-state index contributed by atoms with van der Waals surface area (Å²) < 4.78 is 5.25. The lowest BCUT2D eigenvalue weighted by Crippen LogP contribution is -2.42. The largest absolute Gasteiger partial charge is 0.458 e. The van der Waals surface area contributed by atoms with Crippen LogP contribution in [0.25, 0.3) is 0 Å². The molecule has 0 spiro atoms. The molecule has 0 amide bonds. The van der Waals surface area contributed by atoms with Gasteiger partial charge in [-0.15, -0.1) is 0 Å². The second kappa shape index (κ2) is 4.93. The Morgan fingerprint density at radius 2 is 2.08 bits per heavy atom. The minimum absolute atomic E-state index is 0.0977. The van der Waals surface area contributed by atoms with Crippen LogP contribution in [0.4, 0.5) is 0 Å². The molecular formula is C20H24O4. The second-order valence-corrected chi connectivity index (χ2v) is 8.16. The molecule has 24 heavy (non-hydrogen) atoms. The maximum atomic E-state index is 11.9. The van der Waals surface area contributed by atoms with E-state index >= 15 is 0 Å². The van der Waals surface area contributed by atoms with Gasteiger partial charge in [-0.3, -0.25) is 0 Å². The van der Waals surface area contributed by atoms with Crippen LogP contribution in [0.3, 0.4) is 0 Å². The molecule has 1 heterocycles. The fraction of sp³-hybridized carbons (Fsp3) is 0.550. The van der Waals surface area contributed by atoms with Crippen molar-refractivity contribution in [2.45, 2.75) is 57.2 Å². The molecule has 2 N–H and O–H groups in total. The predicted octanol–water partition coefficient (Wildman–Crippen LogP) is 2.87. The van der Waals surface area contributed by atoms with Crippen LogP contribution in [0.1, 0.15) is 62.8 Å². The summed E-state index contributed by atoms with van der Waals surface area (Å²) in [5.74, 6) is -0.0344. The van der Waals surface area contributed by atoms with Crippen LogP contribution in [-0.4, -0.2) is 22.8 Å². The fourth-order valence-electron chi connectivity index (χ4n) is 4.78. The normalized spacial score (nSPS) is 32.1. The Balaban J connectivity index is 1.84. The summed E-state index contributed by atoms with van der Waals surface area (Å²) in [6, 6.07) is 5.96. The summed E-state index contributed by atoms with van der Waals surface area (Å²) in [4.78, 5) is 11.9. The first-order valence-electron chi connectivity index (χ1n) is 8.66. The summed E-state index contributed by atoms with van der Waals surface area (Å²) >= 11 is 0. The van der Waals surface area contributed by atoms with E-state index < -0.39 is 11.7 Å². The fourth-order valence-corrected chi connectivity index (χ4v) is 4.78. The van der Waals surface area contributed by atoms with Crippen LogP contribution < -0.4 is 0 Å². The van der Waals surface area contributed by atoms with Gasteiger partial charge in [-0.2, -0.15) is 0 Å². The van der Waals surface area contributed by atoms with Crippen molar-refractivity contribution < 1.29 is 19.7 Å². The molecular weight excluding hydrogens is 304 g/mol. The highest BCUT2D eigenvalue weighted by atomic mass is 16.5. The maximum absolute atomic E-state index is 11.9. The molecule has 1 aromatic carbocycles. The first-order valence-corrected chi connectivity index (χ1v) is 8.66. The van der Waals surface area contributed by atoms with Crippen molar-refractivity contribution in [1.82, 2.24) is 0 Å². The predicted molar refractivity (Wildman–Crippen MR) is 89.3 cm³/mol. The zero-order chi connectivity index (χ0) is 17.3. The molecule has 4 rings (SSSR count). The van der Waals surface area contributed by atoms with Gasteiger partial charge in [0.15, 0.2) is 0 Å². The standard InChI is InChI=1S/C20H24O4/c1-19(2,23)11-4-5-15-13(8-11)17(21)9-16-14-10-24-18(22)12(14)6-7-20(15,16)3/h4-5,8,16-17,21,23H,6-7,9-10H2,1-3H3/t16-,17-,20+/m0/s1. The highest BCUT2D eigenvalue weighted by molar-refractivity contribution is 5.92. The number of aliphatic hydroxyl groups excluding tert-OH is 1. The van der Waals surface area contributed by atoms with E-state index in [0.717, 1.165) is 40.7 Å². The van der Waals surface area contributed by atoms with Gasteiger partial charge < -0.3 is 14.9 Å². The minimum atomic E-state index is -0.930. The summed E-state index contributed by atoms with van der Waals surface area (Å²) in [6.07, 6.45) is 1.65. The van der Waals surface area contributed by atoms with E-state index in [1.54, 1.807) is 13.8 Å². The number of aliphatic hydroxyl groups is 2. The number of esters is 1. The van der Waals surface area contributed by atoms with Crippen LogP contribution in [0.2, 0.25) is 0 Å². The van der Waals surface area contributed by atoms with Crippen LogP contribution >= 0.6 is 0 Å². The summed E-state index contributed by atoms with van der Waals surface area (Å²) in [5.41, 5.74) is 3.77. The van der Waals surface area contributed by atoms with Crippen LogP contribution in [-0.2, 0) is 20.5 Å². The van der Waals surface area contributed by atoms with E-state index in [-0.39, 0.29) is 17.3 Å². The molecule has 2 aliphatic carbocycles. The minimum Gasteiger partial charge on any atom is -0.458 e. The summed E-state index contributed by atoms with van der Waals surface area (Å²) in [7, 11) is 0. The van der Waals surface area contributed by atoms with E-state index in [4.69, 9.17) is 4.74 Å². The van der Waals surface area contributed by atoms with Gasteiger partial charge in [0.25, 0.3) is 0 Å². The molecule has 1 aromatic rings. The molecule has 3 aliphatic rings. The van der Waals surface area contributed by atoms with Gasteiger partial charge in [0.05, 0.1) is 11.7 Å². The van der Waals surface area contributed by atoms with Crippen molar-refractivity contribution in [3.8, 4) is 0 Å². The number of carbonyl (C=O) groups excluding carboxylic acids is 1. The van der Waals surface area contributed by atoms with Crippen molar-refractivity contribution in [1.29, 1.82) is 0 Å². The Bertz CT molecular complexity index is 755. The molecule has 0 bridgehead atoms. The van der Waals surface area contributed by atoms with Gasteiger partial charge in [-0.25, -0.2) is 4.79 Å².